The average Bonchev–Trinajstić information content (AvgIpc) is 2.89. The zero-order chi connectivity index (χ0) is 26.5. The molecule has 2 aromatic carbocycles. The molecule has 0 radical (unpaired) electrons. The Morgan fingerprint density at radius 1 is 0.919 bits per heavy atom. The molecule has 0 amide bonds. The van der Waals surface area contributed by atoms with Crippen LogP contribution in [-0.4, -0.2) is 23.2 Å². The number of benzene rings is 2. The van der Waals surface area contributed by atoms with Crippen LogP contribution in [0.5, 0.6) is 5.75 Å². The van der Waals surface area contributed by atoms with E-state index in [2.05, 4.69) is 10.3 Å². The molecule has 0 unspecified atom stereocenters. The van der Waals surface area contributed by atoms with Crippen molar-refractivity contribution in [2.75, 3.05) is 13.7 Å². The zero-order valence-electron chi connectivity index (χ0n) is 20.9. The lowest BCUT2D eigenvalue weighted by atomic mass is 9.98. The van der Waals surface area contributed by atoms with Crippen LogP contribution in [0.15, 0.2) is 65.6 Å². The van der Waals surface area contributed by atoms with Crippen molar-refractivity contribution >= 4 is 0 Å². The molecular formula is C29H28F3N3O2. The van der Waals surface area contributed by atoms with Crippen LogP contribution >= 0.6 is 0 Å². The Kier molecular flexibility index (Phi) is 8.08. The van der Waals surface area contributed by atoms with E-state index in [9.17, 15) is 13.6 Å². The third-order valence-corrected chi connectivity index (χ3v) is 6.53. The first kappa shape index (κ1) is 26.2. The van der Waals surface area contributed by atoms with Crippen molar-refractivity contribution in [2.24, 2.45) is 0 Å². The van der Waals surface area contributed by atoms with E-state index in [0.717, 1.165) is 5.69 Å². The molecule has 5 nitrogen and oxygen atoms in total. The number of ether oxygens (including phenoxy) is 1. The zero-order valence-corrected chi connectivity index (χ0v) is 20.9. The largest absolute Gasteiger partial charge is 0.494 e. The second-order valence-electron chi connectivity index (χ2n) is 8.71. The van der Waals surface area contributed by atoms with Crippen LogP contribution in [0.2, 0.25) is 0 Å². The van der Waals surface area contributed by atoms with Gasteiger partial charge >= 0.3 is 0 Å². The van der Waals surface area contributed by atoms with Crippen LogP contribution in [-0.2, 0) is 19.5 Å². The number of nitrogens with one attached hydrogen (secondary N) is 1. The van der Waals surface area contributed by atoms with Gasteiger partial charge in [-0.05, 0) is 44.2 Å². The molecule has 0 spiro atoms. The minimum absolute atomic E-state index is 0.00129. The van der Waals surface area contributed by atoms with Crippen LogP contribution in [0.25, 0.3) is 11.1 Å². The molecule has 37 heavy (non-hydrogen) atoms. The second-order valence-corrected chi connectivity index (χ2v) is 8.71. The lowest BCUT2D eigenvalue weighted by Gasteiger charge is -2.22. The van der Waals surface area contributed by atoms with E-state index < -0.39 is 17.5 Å². The molecule has 0 fully saturated rings. The molecule has 8 heteroatoms. The average molecular weight is 508 g/mol. The summed E-state index contributed by atoms with van der Waals surface area (Å²) in [6, 6.07) is 13.9. The van der Waals surface area contributed by atoms with Crippen LogP contribution < -0.4 is 15.5 Å². The van der Waals surface area contributed by atoms with Crippen LogP contribution in [0, 0.1) is 31.3 Å². The van der Waals surface area contributed by atoms with Gasteiger partial charge in [-0.15, -0.1) is 0 Å². The predicted molar refractivity (Wildman–Crippen MR) is 137 cm³/mol. The number of hydrogen-bond acceptors (Lipinski definition) is 4. The summed E-state index contributed by atoms with van der Waals surface area (Å²) in [5, 5.41) is 3.26. The van der Waals surface area contributed by atoms with Gasteiger partial charge < -0.3 is 14.6 Å². The molecular weight excluding hydrogens is 479 g/mol. The van der Waals surface area contributed by atoms with Crippen molar-refractivity contribution in [3.8, 4) is 16.9 Å². The van der Waals surface area contributed by atoms with Gasteiger partial charge in [0.25, 0.3) is 0 Å². The van der Waals surface area contributed by atoms with Crippen molar-refractivity contribution in [2.45, 2.75) is 33.4 Å². The van der Waals surface area contributed by atoms with Crippen LogP contribution in [0.1, 0.15) is 28.2 Å². The monoisotopic (exact) mass is 507 g/mol. The maximum Gasteiger partial charge on any atom is 0.194 e. The maximum absolute atomic E-state index is 15.3. The molecule has 0 saturated carbocycles. The summed E-state index contributed by atoms with van der Waals surface area (Å²) in [5.74, 6) is -2.06. The molecule has 0 aliphatic heterocycles. The highest BCUT2D eigenvalue weighted by Crippen LogP contribution is 2.31. The lowest BCUT2D eigenvalue weighted by Crippen LogP contribution is -2.28. The summed E-state index contributed by atoms with van der Waals surface area (Å²) < 4.78 is 51.2. The highest BCUT2D eigenvalue weighted by atomic mass is 19.1. The van der Waals surface area contributed by atoms with E-state index in [4.69, 9.17) is 4.74 Å². The van der Waals surface area contributed by atoms with Gasteiger partial charge in [0.05, 0.1) is 19.2 Å². The number of methoxy groups -OCH3 is 1. The molecule has 4 aromatic rings. The molecule has 0 saturated heterocycles. The smallest absolute Gasteiger partial charge is 0.194 e. The van der Waals surface area contributed by atoms with Crippen molar-refractivity contribution in [3.05, 3.63) is 117 Å². The highest BCUT2D eigenvalue weighted by Gasteiger charge is 2.23. The Morgan fingerprint density at radius 2 is 1.65 bits per heavy atom. The molecule has 0 bridgehead atoms. The van der Waals surface area contributed by atoms with E-state index in [1.54, 1.807) is 30.7 Å². The van der Waals surface area contributed by atoms with Crippen LogP contribution in [0.4, 0.5) is 13.2 Å². The van der Waals surface area contributed by atoms with Gasteiger partial charge in [0.2, 0.25) is 0 Å². The SMILES string of the molecule is COc1cccc(-c2c(C)n(Cc3c(F)cccc3F)c(C)c(CNCCc3ccccn3)c2=O)c1F. The summed E-state index contributed by atoms with van der Waals surface area (Å²) in [7, 11) is 1.35. The van der Waals surface area contributed by atoms with Gasteiger partial charge in [0, 0.05) is 59.5 Å². The first-order chi connectivity index (χ1) is 17.8. The Hall–Kier alpha value is -3.91. The molecule has 4 rings (SSSR count). The van der Waals surface area contributed by atoms with Crippen molar-refractivity contribution in [3.63, 3.8) is 0 Å². The van der Waals surface area contributed by atoms with Gasteiger partial charge in [-0.1, -0.05) is 24.3 Å². The molecule has 2 heterocycles. The first-order valence-electron chi connectivity index (χ1n) is 11.9. The minimum Gasteiger partial charge on any atom is -0.494 e. The topological polar surface area (TPSA) is 56.1 Å². The molecule has 0 aliphatic carbocycles. The van der Waals surface area contributed by atoms with E-state index >= 15 is 4.39 Å². The van der Waals surface area contributed by atoms with Gasteiger partial charge in [-0.3, -0.25) is 9.78 Å². The Morgan fingerprint density at radius 3 is 2.32 bits per heavy atom. The van der Waals surface area contributed by atoms with Gasteiger partial charge in [-0.25, -0.2) is 13.2 Å². The van der Waals surface area contributed by atoms with Gasteiger partial charge in [0.15, 0.2) is 17.0 Å². The standard InChI is InChI=1S/C29H28F3N3O2/c1-18-22(16-33-15-13-20-8-4-5-14-34-20)29(36)27(21-9-6-12-26(37-3)28(21)32)19(2)35(18)17-23-24(30)10-7-11-25(23)31/h4-12,14,33H,13,15-17H2,1-3H3. The van der Waals surface area contributed by atoms with E-state index in [1.807, 2.05) is 18.2 Å². The lowest BCUT2D eigenvalue weighted by molar-refractivity contribution is 0.387. The van der Waals surface area contributed by atoms with E-state index in [0.29, 0.717) is 29.9 Å². The van der Waals surface area contributed by atoms with E-state index in [1.165, 1.54) is 37.4 Å². The molecule has 1 N–H and O–H groups in total. The second kappa shape index (κ2) is 11.4. The number of aromatic nitrogens is 2. The Labute approximate surface area is 213 Å². The van der Waals surface area contributed by atoms with Crippen molar-refractivity contribution in [1.29, 1.82) is 0 Å². The summed E-state index contributed by atoms with van der Waals surface area (Å²) in [6.45, 7) is 3.97. The Bertz CT molecular complexity index is 1450. The van der Waals surface area contributed by atoms with Crippen molar-refractivity contribution < 1.29 is 17.9 Å². The number of halogens is 3. The normalized spacial score (nSPS) is 11.1. The summed E-state index contributed by atoms with van der Waals surface area (Å²) >= 11 is 0. The van der Waals surface area contributed by atoms with Crippen LogP contribution in [0.3, 0.4) is 0 Å². The fourth-order valence-electron chi connectivity index (χ4n) is 4.47. The number of nitrogens with zero attached hydrogens (tertiary/aromatic N) is 2. The maximum atomic E-state index is 15.3. The highest BCUT2D eigenvalue weighted by molar-refractivity contribution is 5.69. The summed E-state index contributed by atoms with van der Waals surface area (Å²) in [6.07, 6.45) is 2.37. The third-order valence-electron chi connectivity index (χ3n) is 6.53. The Balaban J connectivity index is 1.80. The predicted octanol–water partition coefficient (Wildman–Crippen LogP) is 5.33. The van der Waals surface area contributed by atoms with Crippen molar-refractivity contribution in [1.82, 2.24) is 14.9 Å². The van der Waals surface area contributed by atoms with Gasteiger partial charge in [-0.2, -0.15) is 0 Å². The molecule has 2 aromatic heterocycles. The fourth-order valence-corrected chi connectivity index (χ4v) is 4.47. The number of rotatable bonds is 9. The number of hydrogen-bond donors (Lipinski definition) is 1. The third kappa shape index (κ3) is 5.44. The molecule has 192 valence electrons. The minimum atomic E-state index is -0.693. The van der Waals surface area contributed by atoms with Gasteiger partial charge in [0.1, 0.15) is 11.6 Å². The summed E-state index contributed by atoms with van der Waals surface area (Å²) in [4.78, 5) is 18.0. The first-order valence-corrected chi connectivity index (χ1v) is 11.9. The quantitative estimate of drug-likeness (QED) is 0.311. The molecule has 0 aliphatic rings. The fraction of sp³-hybridized carbons (Fsp3) is 0.241. The number of pyridine rings is 2. The van der Waals surface area contributed by atoms with E-state index in [-0.39, 0.29) is 41.0 Å². The molecule has 0 atom stereocenters. The summed E-state index contributed by atoms with van der Waals surface area (Å²) in [5.41, 5.74) is 1.95.